The molecule has 0 radical (unpaired) electrons. The lowest BCUT2D eigenvalue weighted by atomic mass is 9.95. The minimum absolute atomic E-state index is 0.113. The highest BCUT2D eigenvalue weighted by Crippen LogP contribution is 2.35. The van der Waals surface area contributed by atoms with Crippen LogP contribution in [0.15, 0.2) is 42.6 Å². The van der Waals surface area contributed by atoms with E-state index < -0.39 is 33.6 Å². The molecule has 9 heteroatoms. The van der Waals surface area contributed by atoms with Crippen molar-refractivity contribution in [2.75, 3.05) is 9.62 Å². The summed E-state index contributed by atoms with van der Waals surface area (Å²) in [5.74, 6) is -1.87. The molecule has 0 aliphatic carbocycles. The van der Waals surface area contributed by atoms with Crippen LogP contribution in [0.5, 0.6) is 0 Å². The molecule has 148 valence electrons. The summed E-state index contributed by atoms with van der Waals surface area (Å²) >= 11 is 0. The fourth-order valence-electron chi connectivity index (χ4n) is 2.63. The highest BCUT2D eigenvalue weighted by molar-refractivity contribution is 7.74. The fraction of sp³-hybridized carbons (Fsp3) is 0.211. The maximum Gasteiger partial charge on any atom is 0.229 e. The average molecular weight is 407 g/mol. The van der Waals surface area contributed by atoms with E-state index >= 15 is 0 Å². The molecule has 0 aliphatic rings. The molecule has 3 aromatic rings. The van der Waals surface area contributed by atoms with Gasteiger partial charge in [0.25, 0.3) is 0 Å². The molecule has 0 bridgehead atoms. The molecule has 1 heterocycles. The second-order valence-corrected chi connectivity index (χ2v) is 8.16. The predicted molar refractivity (Wildman–Crippen MR) is 105 cm³/mol. The summed E-state index contributed by atoms with van der Waals surface area (Å²) in [4.78, 5) is 15.1. The van der Waals surface area contributed by atoms with Gasteiger partial charge in [0, 0.05) is 34.3 Å². The monoisotopic (exact) mass is 407 g/mol. The lowest BCUT2D eigenvalue weighted by Crippen LogP contribution is -2.27. The number of nitrogens with zero attached hydrogens (tertiary/aromatic N) is 1. The number of aromatic nitrogens is 1. The summed E-state index contributed by atoms with van der Waals surface area (Å²) in [7, 11) is -3.32. The normalized spacial score (nSPS) is 11.8. The lowest BCUT2D eigenvalue weighted by Gasteiger charge is -2.19. The minimum Gasteiger partial charge on any atom is -0.359 e. The zero-order valence-corrected chi connectivity index (χ0v) is 16.3. The highest BCUT2D eigenvalue weighted by atomic mass is 32.2. The SMILES string of the molecule is CC(C)(C)C(=O)Nc1ccc2[nH]cc(N(c3cc(F)ccc3F)[SH](=O)=O)c2c1. The Morgan fingerprint density at radius 2 is 1.79 bits per heavy atom. The molecular weight excluding hydrogens is 388 g/mol. The van der Waals surface area contributed by atoms with E-state index in [1.165, 1.54) is 6.20 Å². The average Bonchev–Trinajstić information content (AvgIpc) is 3.00. The first-order valence-corrected chi connectivity index (χ1v) is 9.53. The molecule has 0 aliphatic heterocycles. The van der Waals surface area contributed by atoms with Crippen molar-refractivity contribution in [3.8, 4) is 0 Å². The number of carbonyl (C=O) groups excluding carboxylic acids is 1. The van der Waals surface area contributed by atoms with Crippen molar-refractivity contribution in [2.45, 2.75) is 20.8 Å². The molecule has 0 spiro atoms. The summed E-state index contributed by atoms with van der Waals surface area (Å²) in [6.07, 6.45) is 1.38. The lowest BCUT2D eigenvalue weighted by molar-refractivity contribution is -0.123. The third-order valence-corrected chi connectivity index (χ3v) is 4.88. The topological polar surface area (TPSA) is 82.3 Å². The Morgan fingerprint density at radius 1 is 1.07 bits per heavy atom. The zero-order valence-electron chi connectivity index (χ0n) is 15.4. The molecule has 2 aromatic carbocycles. The summed E-state index contributed by atoms with van der Waals surface area (Å²) in [6, 6.07) is 7.48. The summed E-state index contributed by atoms with van der Waals surface area (Å²) in [5.41, 5.74) is 0.0884. The summed E-state index contributed by atoms with van der Waals surface area (Å²) < 4.78 is 52.3. The van der Waals surface area contributed by atoms with Gasteiger partial charge in [0.05, 0.1) is 11.4 Å². The first kappa shape index (κ1) is 19.8. The Morgan fingerprint density at radius 3 is 2.43 bits per heavy atom. The molecule has 2 N–H and O–H groups in total. The number of H-pyrrole nitrogens is 1. The van der Waals surface area contributed by atoms with Crippen molar-refractivity contribution in [2.24, 2.45) is 5.41 Å². The molecule has 1 aromatic heterocycles. The second kappa shape index (κ2) is 7.23. The molecule has 0 saturated heterocycles. The Balaban J connectivity index is 2.12. The van der Waals surface area contributed by atoms with Crippen LogP contribution in [0.4, 0.5) is 25.8 Å². The van der Waals surface area contributed by atoms with Gasteiger partial charge in [-0.05, 0) is 30.3 Å². The number of hydrogen-bond donors (Lipinski definition) is 3. The predicted octanol–water partition coefficient (Wildman–Crippen LogP) is 4.10. The van der Waals surface area contributed by atoms with Gasteiger partial charge in [-0.1, -0.05) is 20.8 Å². The highest BCUT2D eigenvalue weighted by Gasteiger charge is 2.23. The first-order chi connectivity index (χ1) is 13.1. The minimum atomic E-state index is -3.32. The smallest absolute Gasteiger partial charge is 0.229 e. The van der Waals surface area contributed by atoms with Gasteiger partial charge in [-0.15, -0.1) is 0 Å². The maximum atomic E-state index is 14.2. The van der Waals surface area contributed by atoms with Crippen LogP contribution in [0.1, 0.15) is 20.8 Å². The zero-order chi connectivity index (χ0) is 20.6. The largest absolute Gasteiger partial charge is 0.359 e. The summed E-state index contributed by atoms with van der Waals surface area (Å²) in [5, 5.41) is 3.19. The molecule has 0 atom stereocenters. The Kier molecular flexibility index (Phi) is 5.12. The number of halogens is 2. The number of amides is 1. The number of hydrogen-bond acceptors (Lipinski definition) is 3. The number of anilines is 3. The van der Waals surface area contributed by atoms with E-state index in [1.807, 2.05) is 0 Å². The van der Waals surface area contributed by atoms with E-state index in [1.54, 1.807) is 39.0 Å². The Labute approximate surface area is 162 Å². The quantitative estimate of drug-likeness (QED) is 0.570. The van der Waals surface area contributed by atoms with Gasteiger partial charge >= 0.3 is 0 Å². The molecule has 3 rings (SSSR count). The van der Waals surface area contributed by atoms with E-state index in [-0.39, 0.29) is 11.6 Å². The molecular formula is C19H19F2N3O3S. The van der Waals surface area contributed by atoms with Crippen LogP contribution in [0.3, 0.4) is 0 Å². The van der Waals surface area contributed by atoms with E-state index in [0.29, 0.717) is 20.9 Å². The second-order valence-electron chi connectivity index (χ2n) is 7.28. The van der Waals surface area contributed by atoms with E-state index in [2.05, 4.69) is 10.3 Å². The third kappa shape index (κ3) is 3.84. The van der Waals surface area contributed by atoms with Crippen LogP contribution >= 0.6 is 0 Å². The fourth-order valence-corrected chi connectivity index (χ4v) is 3.30. The van der Waals surface area contributed by atoms with Crippen LogP contribution in [-0.2, 0) is 15.7 Å². The van der Waals surface area contributed by atoms with E-state index in [0.717, 1.165) is 18.2 Å². The van der Waals surface area contributed by atoms with Crippen LogP contribution in [0, 0.1) is 17.0 Å². The number of benzene rings is 2. The number of fused-ring (bicyclic) bond motifs is 1. The molecule has 0 fully saturated rings. The van der Waals surface area contributed by atoms with Crippen LogP contribution < -0.4 is 9.62 Å². The van der Waals surface area contributed by atoms with Crippen LogP contribution in [0.25, 0.3) is 10.9 Å². The van der Waals surface area contributed by atoms with E-state index in [9.17, 15) is 22.0 Å². The third-order valence-electron chi connectivity index (χ3n) is 4.13. The Hall–Kier alpha value is -2.94. The van der Waals surface area contributed by atoms with Crippen molar-refractivity contribution in [3.63, 3.8) is 0 Å². The molecule has 0 unspecified atom stereocenters. The van der Waals surface area contributed by atoms with Crippen molar-refractivity contribution in [1.82, 2.24) is 4.98 Å². The van der Waals surface area contributed by atoms with Crippen molar-refractivity contribution < 1.29 is 22.0 Å². The molecule has 0 saturated carbocycles. The molecule has 28 heavy (non-hydrogen) atoms. The molecule has 1 amide bonds. The van der Waals surface area contributed by atoms with Crippen molar-refractivity contribution >= 4 is 44.8 Å². The van der Waals surface area contributed by atoms with Crippen LogP contribution in [-0.4, -0.2) is 19.3 Å². The number of thiol groups is 1. The van der Waals surface area contributed by atoms with Gasteiger partial charge in [-0.25, -0.2) is 21.5 Å². The maximum absolute atomic E-state index is 14.2. The number of carbonyl (C=O) groups is 1. The van der Waals surface area contributed by atoms with Crippen molar-refractivity contribution in [3.05, 3.63) is 54.2 Å². The van der Waals surface area contributed by atoms with Crippen LogP contribution in [0.2, 0.25) is 0 Å². The summed E-state index contributed by atoms with van der Waals surface area (Å²) in [6.45, 7) is 5.29. The standard InChI is InChI=1S/C19H19F2N3O3S/c1-19(2,3)18(25)23-12-5-7-15-13(9-12)17(10-22-15)24(28(26)27)16-8-11(20)4-6-14(16)21/h4-10,22,28H,1-3H3,(H,23,25). The number of aromatic amines is 1. The van der Waals surface area contributed by atoms with Crippen molar-refractivity contribution in [1.29, 1.82) is 0 Å². The van der Waals surface area contributed by atoms with Gasteiger partial charge in [-0.2, -0.15) is 0 Å². The van der Waals surface area contributed by atoms with Gasteiger partial charge in [0.1, 0.15) is 11.6 Å². The Bertz CT molecular complexity index is 1130. The number of rotatable bonds is 4. The molecule has 6 nitrogen and oxygen atoms in total. The van der Waals surface area contributed by atoms with Gasteiger partial charge < -0.3 is 10.3 Å². The van der Waals surface area contributed by atoms with E-state index in [4.69, 9.17) is 0 Å². The van der Waals surface area contributed by atoms with Gasteiger partial charge in [-0.3, -0.25) is 4.79 Å². The van der Waals surface area contributed by atoms with Gasteiger partial charge in [0.2, 0.25) is 16.8 Å². The first-order valence-electron chi connectivity index (χ1n) is 8.40. The number of nitrogens with one attached hydrogen (secondary N) is 2. The van der Waals surface area contributed by atoms with Gasteiger partial charge in [0.15, 0.2) is 0 Å².